The van der Waals surface area contributed by atoms with Crippen LogP contribution in [0.4, 0.5) is 0 Å². The molecule has 1 aromatic carbocycles. The van der Waals surface area contributed by atoms with E-state index in [1.54, 1.807) is 11.0 Å². The highest BCUT2D eigenvalue weighted by Gasteiger charge is 2.24. The Balaban J connectivity index is 1.82. The lowest BCUT2D eigenvalue weighted by Gasteiger charge is -2.31. The van der Waals surface area contributed by atoms with Crippen molar-refractivity contribution in [3.63, 3.8) is 0 Å². The molecular weight excluding hydrogens is 376 g/mol. The van der Waals surface area contributed by atoms with E-state index >= 15 is 0 Å². The number of carbonyl (C=O) groups excluding carboxylic acids is 1. The van der Waals surface area contributed by atoms with Crippen molar-refractivity contribution in [2.75, 3.05) is 33.2 Å². The molecule has 1 aliphatic rings. The SMILES string of the molecule is CN1CCN(C(=O)c2nc3c(oc4ccc(Br)cc43)c(=O)[nH]2)CC1. The van der Waals surface area contributed by atoms with Crippen molar-refractivity contribution in [2.24, 2.45) is 0 Å². The maximum Gasteiger partial charge on any atom is 0.295 e. The molecule has 2 aromatic heterocycles. The van der Waals surface area contributed by atoms with Crippen LogP contribution in [0.2, 0.25) is 0 Å². The van der Waals surface area contributed by atoms with Gasteiger partial charge in [-0.3, -0.25) is 14.6 Å². The van der Waals surface area contributed by atoms with Crippen molar-refractivity contribution >= 4 is 43.9 Å². The molecule has 0 aliphatic carbocycles. The van der Waals surface area contributed by atoms with Crippen molar-refractivity contribution in [3.05, 3.63) is 38.9 Å². The van der Waals surface area contributed by atoms with Crippen LogP contribution < -0.4 is 5.56 Å². The van der Waals surface area contributed by atoms with Gasteiger partial charge in [-0.1, -0.05) is 15.9 Å². The van der Waals surface area contributed by atoms with Crippen LogP contribution in [0.15, 0.2) is 31.9 Å². The first-order chi connectivity index (χ1) is 11.5. The Bertz CT molecular complexity index is 1000. The van der Waals surface area contributed by atoms with Gasteiger partial charge in [0.15, 0.2) is 5.82 Å². The van der Waals surface area contributed by atoms with Crippen molar-refractivity contribution < 1.29 is 9.21 Å². The number of H-pyrrole nitrogens is 1. The highest BCUT2D eigenvalue weighted by atomic mass is 79.9. The topological polar surface area (TPSA) is 82.4 Å². The van der Waals surface area contributed by atoms with Gasteiger partial charge in [-0.15, -0.1) is 0 Å². The summed E-state index contributed by atoms with van der Waals surface area (Å²) < 4.78 is 6.43. The van der Waals surface area contributed by atoms with Gasteiger partial charge in [0.05, 0.1) is 0 Å². The molecule has 0 radical (unpaired) electrons. The predicted octanol–water partition coefficient (Wildman–Crippen LogP) is 1.82. The molecule has 7 nitrogen and oxygen atoms in total. The lowest BCUT2D eigenvalue weighted by atomic mass is 10.2. The summed E-state index contributed by atoms with van der Waals surface area (Å²) in [5, 5.41) is 0.706. The monoisotopic (exact) mass is 390 g/mol. The summed E-state index contributed by atoms with van der Waals surface area (Å²) in [7, 11) is 2.02. The molecule has 0 spiro atoms. The minimum absolute atomic E-state index is 0.0553. The molecule has 0 bridgehead atoms. The molecule has 1 aliphatic heterocycles. The third kappa shape index (κ3) is 2.51. The number of nitrogens with one attached hydrogen (secondary N) is 1. The smallest absolute Gasteiger partial charge is 0.295 e. The van der Waals surface area contributed by atoms with E-state index in [-0.39, 0.29) is 17.3 Å². The number of likely N-dealkylation sites (N-methyl/N-ethyl adjacent to an activating group) is 1. The molecule has 24 heavy (non-hydrogen) atoms. The van der Waals surface area contributed by atoms with Crippen molar-refractivity contribution in [3.8, 4) is 0 Å². The number of nitrogens with zero attached hydrogens (tertiary/aromatic N) is 3. The van der Waals surface area contributed by atoms with Crippen LogP contribution in [0, 0.1) is 0 Å². The molecule has 1 fully saturated rings. The summed E-state index contributed by atoms with van der Waals surface area (Å²) in [6, 6.07) is 5.43. The van der Waals surface area contributed by atoms with Crippen LogP contribution >= 0.6 is 15.9 Å². The van der Waals surface area contributed by atoms with Crippen molar-refractivity contribution in [2.45, 2.75) is 0 Å². The number of amides is 1. The molecule has 3 heterocycles. The zero-order valence-corrected chi connectivity index (χ0v) is 14.6. The number of piperazine rings is 1. The molecule has 0 unspecified atom stereocenters. The van der Waals surface area contributed by atoms with E-state index in [0.717, 1.165) is 17.6 Å². The molecule has 124 valence electrons. The quantitative estimate of drug-likeness (QED) is 0.685. The Kier molecular flexibility index (Phi) is 3.65. The number of hydrogen-bond acceptors (Lipinski definition) is 5. The van der Waals surface area contributed by atoms with E-state index in [1.807, 2.05) is 19.2 Å². The van der Waals surface area contributed by atoms with Crippen LogP contribution in [0.3, 0.4) is 0 Å². The molecule has 3 aromatic rings. The molecule has 8 heteroatoms. The van der Waals surface area contributed by atoms with Gasteiger partial charge in [-0.2, -0.15) is 0 Å². The highest BCUT2D eigenvalue weighted by molar-refractivity contribution is 9.10. The van der Waals surface area contributed by atoms with Crippen LogP contribution in [-0.2, 0) is 0 Å². The number of benzene rings is 1. The summed E-state index contributed by atoms with van der Waals surface area (Å²) in [4.78, 5) is 35.8. The molecule has 1 amide bonds. The third-order valence-corrected chi connectivity index (χ3v) is 4.77. The van der Waals surface area contributed by atoms with E-state index in [9.17, 15) is 9.59 Å². The highest BCUT2D eigenvalue weighted by Crippen LogP contribution is 2.27. The van der Waals surface area contributed by atoms with E-state index in [1.165, 1.54) is 0 Å². The zero-order chi connectivity index (χ0) is 16.8. The Morgan fingerprint density at radius 3 is 2.79 bits per heavy atom. The zero-order valence-electron chi connectivity index (χ0n) is 13.0. The summed E-state index contributed by atoms with van der Waals surface area (Å²) >= 11 is 3.40. The van der Waals surface area contributed by atoms with Gasteiger partial charge in [0, 0.05) is 36.0 Å². The maximum absolute atomic E-state index is 12.7. The molecule has 1 N–H and O–H groups in total. The number of halogens is 1. The summed E-state index contributed by atoms with van der Waals surface area (Å²) in [5.41, 5.74) is 0.672. The second-order valence-electron chi connectivity index (χ2n) is 5.93. The first-order valence-electron chi connectivity index (χ1n) is 7.63. The minimum atomic E-state index is -0.440. The fourth-order valence-electron chi connectivity index (χ4n) is 2.89. The molecule has 4 rings (SSSR count). The third-order valence-electron chi connectivity index (χ3n) is 4.28. The minimum Gasteiger partial charge on any atom is -0.449 e. The summed E-state index contributed by atoms with van der Waals surface area (Å²) in [5.74, 6) is -0.203. The van der Waals surface area contributed by atoms with E-state index in [4.69, 9.17) is 4.42 Å². The Hall–Kier alpha value is -2.19. The van der Waals surface area contributed by atoms with E-state index in [0.29, 0.717) is 29.6 Å². The second kappa shape index (κ2) is 5.71. The van der Waals surface area contributed by atoms with Crippen LogP contribution in [-0.4, -0.2) is 58.9 Å². The van der Waals surface area contributed by atoms with Gasteiger partial charge >= 0.3 is 0 Å². The number of rotatable bonds is 1. The number of aromatic nitrogens is 2. The van der Waals surface area contributed by atoms with E-state index in [2.05, 4.69) is 30.8 Å². The van der Waals surface area contributed by atoms with Gasteiger partial charge in [-0.05, 0) is 25.2 Å². The van der Waals surface area contributed by atoms with Crippen LogP contribution in [0.25, 0.3) is 22.1 Å². The van der Waals surface area contributed by atoms with E-state index < -0.39 is 5.56 Å². The molecule has 0 atom stereocenters. The average Bonchev–Trinajstić information content (AvgIpc) is 2.93. The largest absolute Gasteiger partial charge is 0.449 e. The van der Waals surface area contributed by atoms with Crippen molar-refractivity contribution in [1.82, 2.24) is 19.8 Å². The fraction of sp³-hybridized carbons (Fsp3) is 0.312. The van der Waals surface area contributed by atoms with Gasteiger partial charge in [0.25, 0.3) is 11.5 Å². The van der Waals surface area contributed by atoms with Gasteiger partial charge in [-0.25, -0.2) is 4.98 Å². The Morgan fingerprint density at radius 2 is 2.04 bits per heavy atom. The number of furan rings is 1. The lowest BCUT2D eigenvalue weighted by molar-refractivity contribution is 0.0652. The molecular formula is C16H15BrN4O3. The molecule has 0 saturated carbocycles. The molecule has 1 saturated heterocycles. The first kappa shape index (κ1) is 15.3. The van der Waals surface area contributed by atoms with Gasteiger partial charge in [0.1, 0.15) is 11.1 Å². The van der Waals surface area contributed by atoms with Crippen molar-refractivity contribution in [1.29, 1.82) is 0 Å². The number of carbonyl (C=O) groups is 1. The van der Waals surface area contributed by atoms with Gasteiger partial charge < -0.3 is 14.2 Å². The fourth-order valence-corrected chi connectivity index (χ4v) is 3.25. The maximum atomic E-state index is 12.7. The van der Waals surface area contributed by atoms with Crippen LogP contribution in [0.5, 0.6) is 0 Å². The number of hydrogen-bond donors (Lipinski definition) is 1. The van der Waals surface area contributed by atoms with Crippen LogP contribution in [0.1, 0.15) is 10.6 Å². The summed E-state index contributed by atoms with van der Waals surface area (Å²) in [6.45, 7) is 2.85. The summed E-state index contributed by atoms with van der Waals surface area (Å²) in [6.07, 6.45) is 0. The van der Waals surface area contributed by atoms with Gasteiger partial charge in [0.2, 0.25) is 5.58 Å². The normalized spacial score (nSPS) is 16.2. The lowest BCUT2D eigenvalue weighted by Crippen LogP contribution is -2.47. The second-order valence-corrected chi connectivity index (χ2v) is 6.85. The average molecular weight is 391 g/mol. The Morgan fingerprint density at radius 1 is 1.29 bits per heavy atom. The Labute approximate surface area is 145 Å². The predicted molar refractivity (Wildman–Crippen MR) is 93.2 cm³/mol. The number of fused-ring (bicyclic) bond motifs is 3. The first-order valence-corrected chi connectivity index (χ1v) is 8.42. The number of aromatic amines is 1. The standard InChI is InChI=1S/C16H15BrN4O3/c1-20-4-6-21(7-5-20)16(23)14-18-12-10-8-9(17)2-3-11(10)24-13(12)15(22)19-14/h2-3,8H,4-7H2,1H3,(H,18,19,22).